The van der Waals surface area contributed by atoms with E-state index >= 15 is 0 Å². The summed E-state index contributed by atoms with van der Waals surface area (Å²) in [5, 5.41) is 8.45. The van der Waals surface area contributed by atoms with Gasteiger partial charge in [0.25, 0.3) is 0 Å². The summed E-state index contributed by atoms with van der Waals surface area (Å²) in [6.45, 7) is 1.44. The molecule has 14 heavy (non-hydrogen) atoms. The standard InChI is InChI=1S/C10H6ClF2N/c1-6(5-14)10(11)8-4-7(12)2-3-9(8)13/h2-4H,1H3. The lowest BCUT2D eigenvalue weighted by atomic mass is 10.1. The van der Waals surface area contributed by atoms with Gasteiger partial charge in [-0.05, 0) is 25.1 Å². The number of hydrogen-bond donors (Lipinski definition) is 0. The topological polar surface area (TPSA) is 23.8 Å². The lowest BCUT2D eigenvalue weighted by molar-refractivity contribution is 0.597. The van der Waals surface area contributed by atoms with Crippen LogP contribution in [0.15, 0.2) is 23.8 Å². The van der Waals surface area contributed by atoms with E-state index in [0.29, 0.717) is 0 Å². The highest BCUT2D eigenvalue weighted by molar-refractivity contribution is 6.49. The first-order valence-electron chi connectivity index (χ1n) is 3.78. The predicted molar refractivity (Wildman–Crippen MR) is 50.4 cm³/mol. The normalized spacial score (nSPS) is 11.9. The van der Waals surface area contributed by atoms with E-state index in [0.717, 1.165) is 18.2 Å². The minimum Gasteiger partial charge on any atom is -0.207 e. The van der Waals surface area contributed by atoms with Crippen molar-refractivity contribution in [3.8, 4) is 6.07 Å². The first-order chi connectivity index (χ1) is 6.56. The molecule has 0 amide bonds. The minimum absolute atomic E-state index is 0.0653. The van der Waals surface area contributed by atoms with Crippen molar-refractivity contribution in [2.45, 2.75) is 6.92 Å². The maximum absolute atomic E-state index is 13.1. The summed E-state index contributed by atoms with van der Waals surface area (Å²) in [7, 11) is 0. The van der Waals surface area contributed by atoms with Crippen LogP contribution in [0.5, 0.6) is 0 Å². The molecule has 1 aromatic rings. The summed E-state index contributed by atoms with van der Waals surface area (Å²) in [4.78, 5) is 0. The molecule has 1 nitrogen and oxygen atoms in total. The summed E-state index contributed by atoms with van der Waals surface area (Å²) < 4.78 is 25.9. The number of rotatable bonds is 1. The first-order valence-corrected chi connectivity index (χ1v) is 4.16. The van der Waals surface area contributed by atoms with Gasteiger partial charge in [0, 0.05) is 11.1 Å². The molecule has 0 atom stereocenters. The van der Waals surface area contributed by atoms with E-state index in [9.17, 15) is 8.78 Å². The van der Waals surface area contributed by atoms with Crippen molar-refractivity contribution in [2.24, 2.45) is 0 Å². The second kappa shape index (κ2) is 4.21. The van der Waals surface area contributed by atoms with Crippen LogP contribution in [0, 0.1) is 23.0 Å². The molecule has 1 aromatic carbocycles. The number of nitrogens with zero attached hydrogens (tertiary/aromatic N) is 1. The molecule has 0 heterocycles. The van der Waals surface area contributed by atoms with Crippen LogP contribution in [0.4, 0.5) is 8.78 Å². The van der Waals surface area contributed by atoms with Gasteiger partial charge in [0.05, 0.1) is 11.1 Å². The molecule has 1 rings (SSSR count). The van der Waals surface area contributed by atoms with Gasteiger partial charge in [-0.2, -0.15) is 5.26 Å². The van der Waals surface area contributed by atoms with E-state index < -0.39 is 11.6 Å². The zero-order valence-corrected chi connectivity index (χ0v) is 8.07. The van der Waals surface area contributed by atoms with Crippen molar-refractivity contribution in [3.63, 3.8) is 0 Å². The molecule has 0 N–H and O–H groups in total. The minimum atomic E-state index is -0.647. The van der Waals surface area contributed by atoms with E-state index in [2.05, 4.69) is 0 Å². The monoisotopic (exact) mass is 213 g/mol. The molecule has 0 saturated heterocycles. The largest absolute Gasteiger partial charge is 0.207 e. The molecule has 0 unspecified atom stereocenters. The second-order valence-electron chi connectivity index (χ2n) is 2.67. The SMILES string of the molecule is CC(C#N)=C(Cl)c1cc(F)ccc1F. The van der Waals surface area contributed by atoms with Crippen LogP contribution in [0.2, 0.25) is 0 Å². The quantitative estimate of drug-likeness (QED) is 0.656. The Morgan fingerprint density at radius 1 is 1.43 bits per heavy atom. The van der Waals surface area contributed by atoms with Gasteiger partial charge in [0.15, 0.2) is 0 Å². The van der Waals surface area contributed by atoms with Gasteiger partial charge in [-0.1, -0.05) is 11.6 Å². The molecule has 0 bridgehead atoms. The van der Waals surface area contributed by atoms with Crippen molar-refractivity contribution >= 4 is 16.6 Å². The maximum Gasteiger partial charge on any atom is 0.132 e. The smallest absolute Gasteiger partial charge is 0.132 e. The van der Waals surface area contributed by atoms with E-state index in [4.69, 9.17) is 16.9 Å². The lowest BCUT2D eigenvalue weighted by Gasteiger charge is -2.02. The highest BCUT2D eigenvalue weighted by Crippen LogP contribution is 2.25. The lowest BCUT2D eigenvalue weighted by Crippen LogP contribution is -1.89. The number of halogens is 3. The summed E-state index contributed by atoms with van der Waals surface area (Å²) in [5.74, 6) is -1.24. The summed E-state index contributed by atoms with van der Waals surface area (Å²) >= 11 is 5.68. The molecule has 72 valence electrons. The Morgan fingerprint density at radius 3 is 2.64 bits per heavy atom. The van der Waals surface area contributed by atoms with Crippen LogP contribution in [-0.4, -0.2) is 0 Å². The van der Waals surface area contributed by atoms with Gasteiger partial charge in [-0.15, -0.1) is 0 Å². The molecule has 0 fully saturated rings. The molecule has 0 aliphatic heterocycles. The summed E-state index contributed by atoms with van der Waals surface area (Å²) in [6.07, 6.45) is 0. The number of benzene rings is 1. The molecule has 4 heteroatoms. The van der Waals surface area contributed by atoms with Gasteiger partial charge >= 0.3 is 0 Å². The number of hydrogen-bond acceptors (Lipinski definition) is 1. The molecule has 0 saturated carbocycles. The zero-order valence-electron chi connectivity index (χ0n) is 7.31. The molecule has 0 spiro atoms. The maximum atomic E-state index is 13.1. The van der Waals surface area contributed by atoms with Crippen molar-refractivity contribution in [3.05, 3.63) is 41.0 Å². The van der Waals surface area contributed by atoms with Gasteiger partial charge in [0.1, 0.15) is 11.6 Å². The van der Waals surface area contributed by atoms with Crippen LogP contribution >= 0.6 is 11.6 Å². The third kappa shape index (κ3) is 2.09. The second-order valence-corrected chi connectivity index (χ2v) is 3.05. The Balaban J connectivity index is 3.34. The van der Waals surface area contributed by atoms with Gasteiger partial charge < -0.3 is 0 Å². The van der Waals surface area contributed by atoms with E-state index in [1.807, 2.05) is 0 Å². The molecule has 0 aliphatic rings. The summed E-state index contributed by atoms with van der Waals surface area (Å²) in [5.41, 5.74) is 0.0573. The number of nitriles is 1. The van der Waals surface area contributed by atoms with Crippen LogP contribution in [0.1, 0.15) is 12.5 Å². The first kappa shape index (κ1) is 10.7. The van der Waals surface area contributed by atoms with E-state index in [1.54, 1.807) is 6.07 Å². The molecule has 0 radical (unpaired) electrons. The fourth-order valence-corrected chi connectivity index (χ4v) is 1.10. The summed E-state index contributed by atoms with van der Waals surface area (Å²) in [6, 6.07) is 4.69. The van der Waals surface area contributed by atoms with Crippen LogP contribution < -0.4 is 0 Å². The third-order valence-electron chi connectivity index (χ3n) is 1.66. The molecular weight excluding hydrogens is 208 g/mol. The van der Waals surface area contributed by atoms with Gasteiger partial charge in [0.2, 0.25) is 0 Å². The Labute approximate surface area is 85.2 Å². The fourth-order valence-electron chi connectivity index (χ4n) is 0.917. The molecular formula is C10H6ClF2N. The van der Waals surface area contributed by atoms with E-state index in [1.165, 1.54) is 6.92 Å². The van der Waals surface area contributed by atoms with E-state index in [-0.39, 0.29) is 16.2 Å². The Hall–Kier alpha value is -1.40. The van der Waals surface area contributed by atoms with Crippen LogP contribution in [0.25, 0.3) is 5.03 Å². The number of allylic oxidation sites excluding steroid dienone is 1. The van der Waals surface area contributed by atoms with Crippen molar-refractivity contribution < 1.29 is 8.78 Å². The van der Waals surface area contributed by atoms with Crippen molar-refractivity contribution in [2.75, 3.05) is 0 Å². The van der Waals surface area contributed by atoms with Crippen LogP contribution in [0.3, 0.4) is 0 Å². The highest BCUT2D eigenvalue weighted by Gasteiger charge is 2.09. The average molecular weight is 214 g/mol. The van der Waals surface area contributed by atoms with Crippen LogP contribution in [-0.2, 0) is 0 Å². The van der Waals surface area contributed by atoms with Gasteiger partial charge in [-0.3, -0.25) is 0 Å². The Kier molecular flexibility index (Phi) is 3.21. The highest BCUT2D eigenvalue weighted by atomic mass is 35.5. The Bertz CT molecular complexity index is 432. The average Bonchev–Trinajstić information content (AvgIpc) is 2.19. The molecule has 0 aromatic heterocycles. The zero-order chi connectivity index (χ0) is 10.7. The van der Waals surface area contributed by atoms with Gasteiger partial charge in [-0.25, -0.2) is 8.78 Å². The predicted octanol–water partition coefficient (Wildman–Crippen LogP) is 3.46. The third-order valence-corrected chi connectivity index (χ3v) is 2.15. The van der Waals surface area contributed by atoms with Crippen molar-refractivity contribution in [1.29, 1.82) is 5.26 Å². The fraction of sp³-hybridized carbons (Fsp3) is 0.100. The molecule has 0 aliphatic carbocycles. The van der Waals surface area contributed by atoms with Crippen molar-refractivity contribution in [1.82, 2.24) is 0 Å². The Morgan fingerprint density at radius 2 is 2.07 bits per heavy atom.